The molecular weight excluding hydrogens is 564 g/mol. The molecule has 4 aromatic carbocycles. The van der Waals surface area contributed by atoms with Crippen LogP contribution in [0.2, 0.25) is 0 Å². The highest BCUT2D eigenvalue weighted by atomic mass is 16.7. The van der Waals surface area contributed by atoms with E-state index in [1.807, 2.05) is 38.1 Å². The van der Waals surface area contributed by atoms with E-state index in [1.165, 1.54) is 34.4 Å². The van der Waals surface area contributed by atoms with Crippen molar-refractivity contribution in [2.75, 3.05) is 0 Å². The van der Waals surface area contributed by atoms with Gasteiger partial charge in [0.2, 0.25) is 12.6 Å². The van der Waals surface area contributed by atoms with Crippen LogP contribution in [0.3, 0.4) is 0 Å². The van der Waals surface area contributed by atoms with E-state index in [-0.39, 0.29) is 0 Å². The molecule has 5 rings (SSSR count). The van der Waals surface area contributed by atoms with Crippen LogP contribution in [0.25, 0.3) is 11.1 Å². The van der Waals surface area contributed by atoms with Crippen LogP contribution in [0.1, 0.15) is 62.8 Å². The van der Waals surface area contributed by atoms with Gasteiger partial charge in [-0.3, -0.25) is 0 Å². The Morgan fingerprint density at radius 3 is 1.33 bits per heavy atom. The van der Waals surface area contributed by atoms with Crippen LogP contribution in [-0.4, -0.2) is 24.5 Å². The molecule has 6 nitrogen and oxygen atoms in total. The standard InChI is InChI=1S/C39H38O6/c1-5-13-35(40)44-37(7-3)42-29-23-19-27(20-24-29)39(33-17-11-9-15-31(33)32-16-10-12-18-34(32)39)28-21-25-30(26-22-28)43-38(8-4)45-36(41)14-6-2/h5-6,9-26,37-38H,7-8H2,1-4H3/b13-5+,14-6+. The lowest BCUT2D eigenvalue weighted by molar-refractivity contribution is -0.158. The largest absolute Gasteiger partial charge is 0.455 e. The summed E-state index contributed by atoms with van der Waals surface area (Å²) < 4.78 is 23.0. The Morgan fingerprint density at radius 1 is 0.600 bits per heavy atom. The predicted octanol–water partition coefficient (Wildman–Crippen LogP) is 8.52. The molecular formula is C39H38O6. The van der Waals surface area contributed by atoms with E-state index in [9.17, 15) is 9.59 Å². The number of rotatable bonds is 12. The first-order valence-electron chi connectivity index (χ1n) is 15.3. The summed E-state index contributed by atoms with van der Waals surface area (Å²) in [6.45, 7) is 7.35. The lowest BCUT2D eigenvalue weighted by atomic mass is 9.68. The second kappa shape index (κ2) is 14.1. The molecule has 6 heteroatoms. The van der Waals surface area contributed by atoms with Crippen molar-refractivity contribution in [1.82, 2.24) is 0 Å². The number of esters is 2. The molecule has 0 radical (unpaired) electrons. The molecule has 0 aromatic heterocycles. The van der Waals surface area contributed by atoms with Gasteiger partial charge in [-0.05, 0) is 71.5 Å². The Bertz CT molecular complexity index is 1560. The minimum absolute atomic E-state index is 0.437. The SMILES string of the molecule is C/C=C/C(=O)OC(CC)Oc1ccc(C2(c3ccc(OC(CC)OC(=O)/C=C/C)cc3)c3ccccc3-c3ccccc32)cc1. The Balaban J connectivity index is 1.54. The topological polar surface area (TPSA) is 71.1 Å². The lowest BCUT2D eigenvalue weighted by Gasteiger charge is -2.34. The van der Waals surface area contributed by atoms with Gasteiger partial charge >= 0.3 is 11.9 Å². The van der Waals surface area contributed by atoms with Crippen LogP contribution in [0, 0.1) is 0 Å². The minimum atomic E-state index is -0.696. The number of hydrogen-bond acceptors (Lipinski definition) is 6. The van der Waals surface area contributed by atoms with Crippen molar-refractivity contribution in [1.29, 1.82) is 0 Å². The Morgan fingerprint density at radius 2 is 0.978 bits per heavy atom. The van der Waals surface area contributed by atoms with Crippen LogP contribution in [0.5, 0.6) is 11.5 Å². The van der Waals surface area contributed by atoms with Crippen molar-refractivity contribution in [2.45, 2.75) is 58.5 Å². The Kier molecular flexibility index (Phi) is 9.83. The highest BCUT2D eigenvalue weighted by Crippen LogP contribution is 2.56. The van der Waals surface area contributed by atoms with E-state index < -0.39 is 29.9 Å². The first-order chi connectivity index (χ1) is 21.9. The van der Waals surface area contributed by atoms with Gasteiger partial charge in [0.1, 0.15) is 11.5 Å². The molecule has 0 amide bonds. The maximum atomic E-state index is 12.0. The van der Waals surface area contributed by atoms with Gasteiger partial charge in [-0.15, -0.1) is 0 Å². The molecule has 0 bridgehead atoms. The van der Waals surface area contributed by atoms with E-state index in [1.54, 1.807) is 26.0 Å². The van der Waals surface area contributed by atoms with Crippen LogP contribution < -0.4 is 9.47 Å². The molecule has 0 saturated heterocycles. The number of hydrogen-bond donors (Lipinski definition) is 0. The van der Waals surface area contributed by atoms with Crippen LogP contribution in [-0.2, 0) is 24.5 Å². The van der Waals surface area contributed by atoms with Crippen molar-refractivity contribution >= 4 is 11.9 Å². The molecule has 0 N–H and O–H groups in total. The number of ether oxygens (including phenoxy) is 4. The molecule has 1 aliphatic rings. The maximum Gasteiger partial charge on any atom is 0.333 e. The zero-order valence-electron chi connectivity index (χ0n) is 26.1. The summed E-state index contributed by atoms with van der Waals surface area (Å²) in [7, 11) is 0. The van der Waals surface area contributed by atoms with Gasteiger partial charge in [-0.1, -0.05) is 98.8 Å². The summed E-state index contributed by atoms with van der Waals surface area (Å²) in [5, 5.41) is 0. The van der Waals surface area contributed by atoms with Gasteiger partial charge in [0.05, 0.1) is 5.41 Å². The van der Waals surface area contributed by atoms with Crippen LogP contribution in [0.15, 0.2) is 121 Å². The fraction of sp³-hybridized carbons (Fsp3) is 0.231. The summed E-state index contributed by atoms with van der Waals surface area (Å²) in [6.07, 6.45) is 5.67. The van der Waals surface area contributed by atoms with E-state index in [0.29, 0.717) is 24.3 Å². The fourth-order valence-corrected chi connectivity index (χ4v) is 5.89. The first-order valence-corrected chi connectivity index (χ1v) is 15.3. The summed E-state index contributed by atoms with van der Waals surface area (Å²) in [6, 6.07) is 33.0. The molecule has 230 valence electrons. The molecule has 0 saturated carbocycles. The third-order valence-corrected chi connectivity index (χ3v) is 7.83. The maximum absolute atomic E-state index is 12.0. The molecule has 1 aliphatic carbocycles. The fourth-order valence-electron chi connectivity index (χ4n) is 5.89. The average molecular weight is 603 g/mol. The smallest absolute Gasteiger partial charge is 0.333 e. The first kappa shape index (κ1) is 31.3. The lowest BCUT2D eigenvalue weighted by Crippen LogP contribution is -2.28. The van der Waals surface area contributed by atoms with Crippen LogP contribution in [0.4, 0.5) is 0 Å². The monoisotopic (exact) mass is 602 g/mol. The second-order valence-electron chi connectivity index (χ2n) is 10.7. The Labute approximate surface area is 264 Å². The van der Waals surface area contributed by atoms with Gasteiger partial charge in [0, 0.05) is 25.0 Å². The quantitative estimate of drug-likeness (QED) is 0.0810. The molecule has 4 aromatic rings. The molecule has 0 aliphatic heterocycles. The van der Waals surface area contributed by atoms with Crippen molar-refractivity contribution in [3.63, 3.8) is 0 Å². The van der Waals surface area contributed by atoms with E-state index in [2.05, 4.69) is 72.8 Å². The van der Waals surface area contributed by atoms with Crippen molar-refractivity contribution in [3.8, 4) is 22.6 Å². The van der Waals surface area contributed by atoms with E-state index >= 15 is 0 Å². The second-order valence-corrected chi connectivity index (χ2v) is 10.7. The number of allylic oxidation sites excluding steroid dienone is 2. The number of carbonyl (C=O) groups is 2. The number of fused-ring (bicyclic) bond motifs is 3. The van der Waals surface area contributed by atoms with Gasteiger partial charge < -0.3 is 18.9 Å². The summed E-state index contributed by atoms with van der Waals surface area (Å²) in [4.78, 5) is 24.0. The third kappa shape index (κ3) is 6.41. The summed E-state index contributed by atoms with van der Waals surface area (Å²) in [5.74, 6) is 0.339. The minimum Gasteiger partial charge on any atom is -0.455 e. The molecule has 0 heterocycles. The molecule has 2 atom stereocenters. The highest BCUT2D eigenvalue weighted by molar-refractivity contribution is 5.86. The van der Waals surface area contributed by atoms with Crippen molar-refractivity contribution in [2.24, 2.45) is 0 Å². The summed E-state index contributed by atoms with van der Waals surface area (Å²) in [5.41, 5.74) is 6.21. The van der Waals surface area contributed by atoms with E-state index in [0.717, 1.165) is 11.1 Å². The Hall–Kier alpha value is -5.10. The normalized spacial score (nSPS) is 14.4. The van der Waals surface area contributed by atoms with Gasteiger partial charge in [-0.25, -0.2) is 9.59 Å². The molecule has 0 fully saturated rings. The zero-order valence-corrected chi connectivity index (χ0v) is 26.1. The zero-order chi connectivity index (χ0) is 31.8. The van der Waals surface area contributed by atoms with E-state index in [4.69, 9.17) is 18.9 Å². The highest BCUT2D eigenvalue weighted by Gasteiger charge is 2.45. The van der Waals surface area contributed by atoms with Crippen molar-refractivity contribution < 1.29 is 28.5 Å². The van der Waals surface area contributed by atoms with Gasteiger partial charge in [0.25, 0.3) is 0 Å². The third-order valence-electron chi connectivity index (χ3n) is 7.83. The van der Waals surface area contributed by atoms with Gasteiger partial charge in [0.15, 0.2) is 0 Å². The predicted molar refractivity (Wildman–Crippen MR) is 175 cm³/mol. The number of carbonyl (C=O) groups excluding carboxylic acids is 2. The number of benzene rings is 4. The van der Waals surface area contributed by atoms with Gasteiger partial charge in [-0.2, -0.15) is 0 Å². The molecule has 0 spiro atoms. The van der Waals surface area contributed by atoms with Crippen LogP contribution >= 0.6 is 0 Å². The molecule has 45 heavy (non-hydrogen) atoms. The average Bonchev–Trinajstić information content (AvgIpc) is 3.36. The summed E-state index contributed by atoms with van der Waals surface area (Å²) >= 11 is 0. The molecule has 2 unspecified atom stereocenters. The van der Waals surface area contributed by atoms with Crippen molar-refractivity contribution in [3.05, 3.63) is 144 Å².